The van der Waals surface area contributed by atoms with Crippen molar-refractivity contribution in [2.75, 3.05) is 27.3 Å². The summed E-state index contributed by atoms with van der Waals surface area (Å²) in [5.41, 5.74) is 1.09. The summed E-state index contributed by atoms with van der Waals surface area (Å²) in [6.45, 7) is 8.82. The Morgan fingerprint density at radius 2 is 1.90 bits per heavy atom. The van der Waals surface area contributed by atoms with Gasteiger partial charge in [0.1, 0.15) is 11.5 Å². The van der Waals surface area contributed by atoms with Crippen LogP contribution in [0.2, 0.25) is 0 Å². The van der Waals surface area contributed by atoms with Gasteiger partial charge in [-0.05, 0) is 24.1 Å². The van der Waals surface area contributed by atoms with Crippen LogP contribution >= 0.6 is 24.0 Å². The Morgan fingerprint density at radius 1 is 1.17 bits per heavy atom. The molecule has 0 aliphatic rings. The van der Waals surface area contributed by atoms with Crippen LogP contribution in [0.4, 0.5) is 0 Å². The number of benzene rings is 1. The van der Waals surface area contributed by atoms with Crippen molar-refractivity contribution in [1.82, 2.24) is 15.6 Å². The zero-order valence-corrected chi connectivity index (χ0v) is 20.3. The maximum Gasteiger partial charge on any atom is 0.213 e. The van der Waals surface area contributed by atoms with Gasteiger partial charge in [-0.3, -0.25) is 4.99 Å². The van der Waals surface area contributed by atoms with Gasteiger partial charge in [0, 0.05) is 25.6 Å². The third-order valence-corrected chi connectivity index (χ3v) is 4.11. The van der Waals surface area contributed by atoms with Gasteiger partial charge in [0.2, 0.25) is 5.89 Å². The molecule has 0 aliphatic carbocycles. The summed E-state index contributed by atoms with van der Waals surface area (Å²) in [6, 6.07) is 7.90. The number of nitrogens with zero attached hydrogens (tertiary/aromatic N) is 2. The van der Waals surface area contributed by atoms with Crippen molar-refractivity contribution >= 4 is 29.9 Å². The molecular weight excluding hydrogens is 483 g/mol. The average molecular weight is 516 g/mol. The van der Waals surface area contributed by atoms with Crippen molar-refractivity contribution in [2.45, 2.75) is 45.8 Å². The fraction of sp³-hybridized carbons (Fsp3) is 0.524. The van der Waals surface area contributed by atoms with Gasteiger partial charge < -0.3 is 24.5 Å². The number of rotatable bonds is 9. The van der Waals surface area contributed by atoms with Gasteiger partial charge >= 0.3 is 0 Å². The van der Waals surface area contributed by atoms with Crippen LogP contribution in [0.1, 0.15) is 44.4 Å². The Balaban J connectivity index is 0.00000420. The van der Waals surface area contributed by atoms with Gasteiger partial charge in [-0.25, -0.2) is 4.98 Å². The largest absolute Gasteiger partial charge is 0.497 e. The molecule has 2 N–H and O–H groups in total. The second-order valence-corrected chi connectivity index (χ2v) is 7.48. The predicted octanol–water partition coefficient (Wildman–Crippen LogP) is 3.87. The van der Waals surface area contributed by atoms with E-state index in [1.807, 2.05) is 24.3 Å². The topological polar surface area (TPSA) is 80.9 Å². The van der Waals surface area contributed by atoms with E-state index in [1.54, 1.807) is 20.4 Å². The van der Waals surface area contributed by atoms with Crippen LogP contribution in [0, 0.1) is 0 Å². The van der Waals surface area contributed by atoms with Gasteiger partial charge in [-0.15, -0.1) is 24.0 Å². The molecular formula is C21H33IN4O3. The van der Waals surface area contributed by atoms with E-state index < -0.39 is 0 Å². The minimum atomic E-state index is -0.0446. The van der Waals surface area contributed by atoms with Crippen LogP contribution in [0.25, 0.3) is 0 Å². The van der Waals surface area contributed by atoms with Gasteiger partial charge in [0.25, 0.3) is 0 Å². The second-order valence-electron chi connectivity index (χ2n) is 7.48. The van der Waals surface area contributed by atoms with Gasteiger partial charge in [-0.2, -0.15) is 0 Å². The molecule has 0 saturated heterocycles. The molecule has 29 heavy (non-hydrogen) atoms. The van der Waals surface area contributed by atoms with Crippen LogP contribution in [0.15, 0.2) is 39.9 Å². The molecule has 0 bridgehead atoms. The molecule has 2 rings (SSSR count). The van der Waals surface area contributed by atoms with E-state index in [0.717, 1.165) is 30.0 Å². The van der Waals surface area contributed by atoms with Gasteiger partial charge in [0.05, 0.1) is 26.5 Å². The molecule has 0 unspecified atom stereocenters. The van der Waals surface area contributed by atoms with Gasteiger partial charge in [0.15, 0.2) is 5.96 Å². The summed E-state index contributed by atoms with van der Waals surface area (Å²) in [6.07, 6.45) is 2.66. The van der Waals surface area contributed by atoms with Crippen LogP contribution in [0.5, 0.6) is 5.75 Å². The number of aliphatic imine (C=N–C) groups is 1. The summed E-state index contributed by atoms with van der Waals surface area (Å²) >= 11 is 0. The number of hydrogen-bond donors (Lipinski definition) is 2. The van der Waals surface area contributed by atoms with Crippen LogP contribution in [0.3, 0.4) is 0 Å². The average Bonchev–Trinajstić information content (AvgIpc) is 3.17. The van der Waals surface area contributed by atoms with Crippen molar-refractivity contribution in [1.29, 1.82) is 0 Å². The predicted molar refractivity (Wildman–Crippen MR) is 126 cm³/mol. The number of nitrogens with one attached hydrogen (secondary N) is 2. The van der Waals surface area contributed by atoms with Crippen molar-refractivity contribution in [3.05, 3.63) is 47.7 Å². The summed E-state index contributed by atoms with van der Waals surface area (Å²) in [4.78, 5) is 8.52. The molecule has 1 aromatic heterocycles. The first-order chi connectivity index (χ1) is 13.4. The van der Waals surface area contributed by atoms with E-state index in [-0.39, 0.29) is 29.4 Å². The number of aromatic nitrogens is 1. The SMILES string of the molecule is CN=C(NCCCOCc1ccc(OC)cc1)NCc1ncc(C(C)(C)C)o1.I. The smallest absolute Gasteiger partial charge is 0.213 e. The lowest BCUT2D eigenvalue weighted by atomic mass is 9.94. The Hall–Kier alpha value is -1.81. The Morgan fingerprint density at radius 3 is 2.48 bits per heavy atom. The highest BCUT2D eigenvalue weighted by Gasteiger charge is 2.19. The molecule has 0 saturated carbocycles. The molecule has 8 heteroatoms. The Labute approximate surface area is 190 Å². The van der Waals surface area contributed by atoms with E-state index in [2.05, 4.69) is 41.4 Å². The van der Waals surface area contributed by atoms with E-state index in [4.69, 9.17) is 13.9 Å². The van der Waals surface area contributed by atoms with Gasteiger partial charge in [-0.1, -0.05) is 32.9 Å². The maximum absolute atomic E-state index is 5.77. The van der Waals surface area contributed by atoms with E-state index >= 15 is 0 Å². The maximum atomic E-state index is 5.77. The molecule has 0 aliphatic heterocycles. The fourth-order valence-electron chi connectivity index (χ4n) is 2.41. The number of ether oxygens (including phenoxy) is 2. The minimum absolute atomic E-state index is 0. The van der Waals surface area contributed by atoms with E-state index in [0.29, 0.717) is 31.6 Å². The lowest BCUT2D eigenvalue weighted by Gasteiger charge is -2.13. The highest BCUT2D eigenvalue weighted by Crippen LogP contribution is 2.22. The summed E-state index contributed by atoms with van der Waals surface area (Å²) in [7, 11) is 3.40. The van der Waals surface area contributed by atoms with E-state index in [9.17, 15) is 0 Å². The molecule has 162 valence electrons. The number of guanidine groups is 1. The minimum Gasteiger partial charge on any atom is -0.497 e. The molecule has 0 spiro atoms. The third kappa shape index (κ3) is 9.03. The lowest BCUT2D eigenvalue weighted by molar-refractivity contribution is 0.119. The molecule has 0 atom stereocenters. The molecule has 1 aromatic carbocycles. The van der Waals surface area contributed by atoms with Crippen molar-refractivity contribution in [2.24, 2.45) is 4.99 Å². The van der Waals surface area contributed by atoms with Crippen molar-refractivity contribution < 1.29 is 13.9 Å². The molecule has 0 amide bonds. The van der Waals surface area contributed by atoms with Crippen molar-refractivity contribution in [3.63, 3.8) is 0 Å². The molecule has 0 radical (unpaired) electrons. The Bertz CT molecular complexity index is 739. The van der Waals surface area contributed by atoms with Crippen LogP contribution in [-0.2, 0) is 23.3 Å². The van der Waals surface area contributed by atoms with E-state index in [1.165, 1.54) is 0 Å². The van der Waals surface area contributed by atoms with Crippen molar-refractivity contribution in [3.8, 4) is 5.75 Å². The van der Waals surface area contributed by atoms with Crippen LogP contribution in [-0.4, -0.2) is 38.3 Å². The summed E-state index contributed by atoms with van der Waals surface area (Å²) < 4.78 is 16.6. The third-order valence-electron chi connectivity index (χ3n) is 4.11. The number of halogens is 1. The Kier molecular flexibility index (Phi) is 11.0. The number of methoxy groups -OCH3 is 1. The number of oxazole rings is 1. The zero-order chi connectivity index (χ0) is 20.4. The highest BCUT2D eigenvalue weighted by molar-refractivity contribution is 14.0. The first-order valence-electron chi connectivity index (χ1n) is 9.52. The lowest BCUT2D eigenvalue weighted by Crippen LogP contribution is -2.37. The standard InChI is InChI=1S/C21H32N4O3.HI/c1-21(2,3)18-13-24-19(28-18)14-25-20(22-4)23-11-6-12-27-15-16-7-9-17(26-5)10-8-16;/h7-10,13H,6,11-12,14-15H2,1-5H3,(H2,22,23,25);1H. The molecule has 2 aromatic rings. The fourth-order valence-corrected chi connectivity index (χ4v) is 2.41. The number of hydrogen-bond acceptors (Lipinski definition) is 5. The first-order valence-corrected chi connectivity index (χ1v) is 9.52. The quantitative estimate of drug-likeness (QED) is 0.228. The summed E-state index contributed by atoms with van der Waals surface area (Å²) in [5, 5.41) is 6.47. The summed E-state index contributed by atoms with van der Waals surface area (Å²) in [5.74, 6) is 3.09. The first kappa shape index (κ1) is 25.2. The normalized spacial score (nSPS) is 11.7. The second kappa shape index (κ2) is 12.7. The zero-order valence-electron chi connectivity index (χ0n) is 17.9. The molecule has 0 fully saturated rings. The van der Waals surface area contributed by atoms with Crippen LogP contribution < -0.4 is 15.4 Å². The highest BCUT2D eigenvalue weighted by atomic mass is 127. The molecule has 7 nitrogen and oxygen atoms in total. The molecule has 1 heterocycles. The monoisotopic (exact) mass is 516 g/mol.